The molecule has 0 spiro atoms. The summed E-state index contributed by atoms with van der Waals surface area (Å²) in [6.07, 6.45) is 0. The van der Waals surface area contributed by atoms with Gasteiger partial charge < -0.3 is 4.74 Å². The van der Waals surface area contributed by atoms with Crippen LogP contribution < -0.4 is 4.74 Å². The van der Waals surface area contributed by atoms with Gasteiger partial charge in [-0.1, -0.05) is 6.07 Å². The zero-order chi connectivity index (χ0) is 11.6. The van der Waals surface area contributed by atoms with Gasteiger partial charge in [0, 0.05) is 4.75 Å². The van der Waals surface area contributed by atoms with E-state index >= 15 is 0 Å². The van der Waals surface area contributed by atoms with Crippen molar-refractivity contribution in [3.05, 3.63) is 29.3 Å². The van der Waals surface area contributed by atoms with Crippen LogP contribution in [0.3, 0.4) is 0 Å². The summed E-state index contributed by atoms with van der Waals surface area (Å²) >= 11 is 4.47. The Morgan fingerprint density at radius 1 is 1.40 bits per heavy atom. The molecule has 1 rings (SSSR count). The number of hydrogen-bond acceptors (Lipinski definition) is 3. The molecule has 0 amide bonds. The summed E-state index contributed by atoms with van der Waals surface area (Å²) in [6, 6.07) is 5.58. The van der Waals surface area contributed by atoms with E-state index in [0.29, 0.717) is 11.3 Å². The van der Waals surface area contributed by atoms with Crippen LogP contribution in [0.5, 0.6) is 5.75 Å². The Bertz CT molecular complexity index is 378. The maximum atomic E-state index is 11.4. The van der Waals surface area contributed by atoms with Crippen molar-refractivity contribution < 1.29 is 9.53 Å². The highest BCUT2D eigenvalue weighted by Crippen LogP contribution is 2.31. The number of Topliss-reactive ketones (excluding diaryl/α,β-unsaturated/α-hetero) is 1. The molecule has 0 N–H and O–H groups in total. The van der Waals surface area contributed by atoms with Gasteiger partial charge in [-0.2, -0.15) is 12.6 Å². The Hall–Kier alpha value is -0.960. The van der Waals surface area contributed by atoms with Gasteiger partial charge in [-0.3, -0.25) is 4.79 Å². The van der Waals surface area contributed by atoms with Crippen molar-refractivity contribution in [2.45, 2.75) is 25.5 Å². The van der Waals surface area contributed by atoms with E-state index < -0.39 is 0 Å². The zero-order valence-corrected chi connectivity index (χ0v) is 10.4. The molecule has 0 aliphatic rings. The van der Waals surface area contributed by atoms with Gasteiger partial charge in [0.2, 0.25) is 0 Å². The maximum absolute atomic E-state index is 11.4. The van der Waals surface area contributed by atoms with Crippen LogP contribution in [-0.2, 0) is 4.75 Å². The van der Waals surface area contributed by atoms with Crippen LogP contribution in [0.2, 0.25) is 0 Å². The second-order valence-corrected chi connectivity index (χ2v) is 5.15. The minimum Gasteiger partial charge on any atom is -0.496 e. The molecule has 1 aromatic rings. The first-order chi connectivity index (χ1) is 6.86. The van der Waals surface area contributed by atoms with E-state index in [1.165, 1.54) is 6.92 Å². The molecule has 0 bridgehead atoms. The summed E-state index contributed by atoms with van der Waals surface area (Å²) < 4.78 is 4.88. The smallest absolute Gasteiger partial charge is 0.163 e. The van der Waals surface area contributed by atoms with E-state index in [1.807, 2.05) is 32.0 Å². The van der Waals surface area contributed by atoms with Crippen molar-refractivity contribution in [2.24, 2.45) is 0 Å². The Morgan fingerprint density at radius 3 is 2.40 bits per heavy atom. The molecule has 0 heterocycles. The molecular weight excluding hydrogens is 208 g/mol. The lowest BCUT2D eigenvalue weighted by molar-refractivity contribution is 0.101. The number of rotatable bonds is 3. The fourth-order valence-electron chi connectivity index (χ4n) is 1.36. The normalized spacial score (nSPS) is 11.3. The third-order valence-electron chi connectivity index (χ3n) is 2.29. The number of hydrogen-bond donors (Lipinski definition) is 1. The lowest BCUT2D eigenvalue weighted by Gasteiger charge is -2.19. The van der Waals surface area contributed by atoms with E-state index in [4.69, 9.17) is 4.74 Å². The first kappa shape index (κ1) is 12.1. The predicted molar refractivity (Wildman–Crippen MR) is 65.0 cm³/mol. The lowest BCUT2D eigenvalue weighted by atomic mass is 9.98. The third kappa shape index (κ3) is 2.75. The van der Waals surface area contributed by atoms with Crippen LogP contribution in [0.1, 0.15) is 36.7 Å². The van der Waals surface area contributed by atoms with Gasteiger partial charge in [-0.05, 0) is 38.5 Å². The molecule has 3 heteroatoms. The van der Waals surface area contributed by atoms with Gasteiger partial charge in [-0.25, -0.2) is 0 Å². The number of methoxy groups -OCH3 is 1. The number of ketones is 1. The maximum Gasteiger partial charge on any atom is 0.163 e. The van der Waals surface area contributed by atoms with Crippen molar-refractivity contribution in [1.82, 2.24) is 0 Å². The number of carbonyl (C=O) groups is 1. The molecular formula is C12H16O2S. The Morgan fingerprint density at radius 2 is 2.00 bits per heavy atom. The van der Waals surface area contributed by atoms with Gasteiger partial charge in [0.15, 0.2) is 5.78 Å². The topological polar surface area (TPSA) is 26.3 Å². The van der Waals surface area contributed by atoms with Crippen LogP contribution in [0, 0.1) is 0 Å². The molecule has 0 aliphatic carbocycles. The summed E-state index contributed by atoms with van der Waals surface area (Å²) in [4.78, 5) is 11.4. The second-order valence-electron chi connectivity index (χ2n) is 4.03. The highest BCUT2D eigenvalue weighted by atomic mass is 32.1. The molecule has 0 saturated carbocycles. The highest BCUT2D eigenvalue weighted by molar-refractivity contribution is 7.81. The van der Waals surface area contributed by atoms with Crippen LogP contribution in [0.15, 0.2) is 18.2 Å². The molecule has 0 aliphatic heterocycles. The van der Waals surface area contributed by atoms with E-state index in [0.717, 1.165) is 5.56 Å². The number of benzene rings is 1. The fraction of sp³-hybridized carbons (Fsp3) is 0.417. The molecule has 0 saturated heterocycles. The first-order valence-corrected chi connectivity index (χ1v) is 5.23. The quantitative estimate of drug-likeness (QED) is 0.631. The minimum atomic E-state index is -0.254. The van der Waals surface area contributed by atoms with Crippen LogP contribution in [-0.4, -0.2) is 12.9 Å². The average molecular weight is 224 g/mol. The molecule has 2 nitrogen and oxygen atoms in total. The monoisotopic (exact) mass is 224 g/mol. The van der Waals surface area contributed by atoms with Crippen molar-refractivity contribution in [2.75, 3.05) is 7.11 Å². The van der Waals surface area contributed by atoms with E-state index in [1.54, 1.807) is 7.11 Å². The summed E-state index contributed by atoms with van der Waals surface area (Å²) in [6.45, 7) is 5.51. The van der Waals surface area contributed by atoms with E-state index in [-0.39, 0.29) is 10.5 Å². The predicted octanol–water partition coefficient (Wildman–Crippen LogP) is 3.06. The zero-order valence-electron chi connectivity index (χ0n) is 9.50. The molecule has 0 radical (unpaired) electrons. The van der Waals surface area contributed by atoms with Crippen LogP contribution in [0.4, 0.5) is 0 Å². The van der Waals surface area contributed by atoms with E-state index in [9.17, 15) is 4.79 Å². The van der Waals surface area contributed by atoms with Crippen molar-refractivity contribution >= 4 is 18.4 Å². The Labute approximate surface area is 96.1 Å². The standard InChI is InChI=1S/C12H16O2S/c1-8(13)10-7-9(12(2,3)15)5-6-11(10)14-4/h5-7,15H,1-4H3. The van der Waals surface area contributed by atoms with Gasteiger partial charge in [0.05, 0.1) is 12.7 Å². The van der Waals surface area contributed by atoms with Gasteiger partial charge in [-0.15, -0.1) is 0 Å². The summed E-state index contributed by atoms with van der Waals surface area (Å²) in [5, 5.41) is 0. The number of thiol groups is 1. The molecule has 0 fully saturated rings. The summed E-state index contributed by atoms with van der Waals surface area (Å²) in [5.74, 6) is 0.620. The summed E-state index contributed by atoms with van der Waals surface area (Å²) in [7, 11) is 1.56. The number of ether oxygens (including phenoxy) is 1. The van der Waals surface area contributed by atoms with Gasteiger partial charge in [0.25, 0.3) is 0 Å². The molecule has 15 heavy (non-hydrogen) atoms. The van der Waals surface area contributed by atoms with Crippen LogP contribution >= 0.6 is 12.6 Å². The first-order valence-electron chi connectivity index (χ1n) is 4.78. The van der Waals surface area contributed by atoms with Gasteiger partial charge >= 0.3 is 0 Å². The Kier molecular flexibility index (Phi) is 3.45. The lowest BCUT2D eigenvalue weighted by Crippen LogP contribution is -2.09. The average Bonchev–Trinajstić information content (AvgIpc) is 2.15. The third-order valence-corrected chi connectivity index (χ3v) is 2.54. The molecule has 0 unspecified atom stereocenters. The second kappa shape index (κ2) is 4.27. The van der Waals surface area contributed by atoms with Crippen molar-refractivity contribution in [3.63, 3.8) is 0 Å². The van der Waals surface area contributed by atoms with Crippen LogP contribution in [0.25, 0.3) is 0 Å². The van der Waals surface area contributed by atoms with Gasteiger partial charge in [0.1, 0.15) is 5.75 Å². The largest absolute Gasteiger partial charge is 0.496 e. The SMILES string of the molecule is COc1ccc(C(C)(C)S)cc1C(C)=O. The minimum absolute atomic E-state index is 0.00582. The molecule has 82 valence electrons. The van der Waals surface area contributed by atoms with Crippen molar-refractivity contribution in [3.8, 4) is 5.75 Å². The molecule has 1 aromatic carbocycles. The van der Waals surface area contributed by atoms with Crippen molar-refractivity contribution in [1.29, 1.82) is 0 Å². The number of carbonyl (C=O) groups excluding carboxylic acids is 1. The van der Waals surface area contributed by atoms with E-state index in [2.05, 4.69) is 12.6 Å². The molecule has 0 atom stereocenters. The fourth-order valence-corrected chi connectivity index (χ4v) is 1.50. The highest BCUT2D eigenvalue weighted by Gasteiger charge is 2.18. The Balaban J connectivity index is 3.28. The summed E-state index contributed by atoms with van der Waals surface area (Å²) in [5.41, 5.74) is 1.62. The molecule has 0 aromatic heterocycles.